The highest BCUT2D eigenvalue weighted by molar-refractivity contribution is 5.36. The van der Waals surface area contributed by atoms with Gasteiger partial charge in [-0.3, -0.25) is 0 Å². The van der Waals surface area contributed by atoms with Crippen molar-refractivity contribution in [1.29, 1.82) is 0 Å². The van der Waals surface area contributed by atoms with Crippen LogP contribution < -0.4 is 9.47 Å². The molecule has 4 rings (SSSR count). The first-order valence-corrected chi connectivity index (χ1v) is 13.7. The van der Waals surface area contributed by atoms with Gasteiger partial charge in [-0.1, -0.05) is 50.8 Å². The van der Waals surface area contributed by atoms with Gasteiger partial charge in [-0.05, 0) is 73.5 Å². The highest BCUT2D eigenvalue weighted by Gasteiger charge is 2.26. The summed E-state index contributed by atoms with van der Waals surface area (Å²) in [6, 6.07) is 5.27. The van der Waals surface area contributed by atoms with Crippen LogP contribution >= 0.6 is 0 Å². The van der Waals surface area contributed by atoms with E-state index in [-0.39, 0.29) is 24.0 Å². The van der Waals surface area contributed by atoms with Crippen LogP contribution in [0.1, 0.15) is 81.8 Å². The van der Waals surface area contributed by atoms with E-state index in [1.807, 2.05) is 6.08 Å². The molecule has 0 saturated heterocycles. The van der Waals surface area contributed by atoms with Gasteiger partial charge in [0, 0.05) is 5.56 Å². The highest BCUT2D eigenvalue weighted by Crippen LogP contribution is 2.38. The van der Waals surface area contributed by atoms with Crippen molar-refractivity contribution in [1.82, 2.24) is 0 Å². The van der Waals surface area contributed by atoms with E-state index in [2.05, 4.69) is 13.5 Å². The van der Waals surface area contributed by atoms with Crippen LogP contribution in [0, 0.1) is 41.0 Å². The molecular formula is C31H37F5O2. The molecule has 0 aliphatic heterocycles. The molecule has 1 unspecified atom stereocenters. The first kappa shape index (κ1) is 28.4. The molecule has 38 heavy (non-hydrogen) atoms. The molecule has 2 saturated carbocycles. The van der Waals surface area contributed by atoms with E-state index in [1.165, 1.54) is 6.07 Å². The molecule has 0 spiro atoms. The van der Waals surface area contributed by atoms with Crippen LogP contribution in [-0.4, -0.2) is 12.8 Å². The molecule has 2 nitrogen and oxygen atoms in total. The third-order valence-electron chi connectivity index (χ3n) is 8.28. The molecule has 7 heteroatoms. The molecule has 0 aromatic heterocycles. The monoisotopic (exact) mass is 536 g/mol. The molecule has 2 aromatic carbocycles. The summed E-state index contributed by atoms with van der Waals surface area (Å²) in [5, 5.41) is 0. The van der Waals surface area contributed by atoms with Crippen molar-refractivity contribution in [2.24, 2.45) is 17.8 Å². The third kappa shape index (κ3) is 6.89. The van der Waals surface area contributed by atoms with Crippen molar-refractivity contribution < 1.29 is 31.4 Å². The fourth-order valence-corrected chi connectivity index (χ4v) is 5.76. The van der Waals surface area contributed by atoms with Crippen LogP contribution in [0.15, 0.2) is 36.9 Å². The average molecular weight is 537 g/mol. The van der Waals surface area contributed by atoms with E-state index in [4.69, 9.17) is 9.47 Å². The van der Waals surface area contributed by atoms with Crippen molar-refractivity contribution >= 4 is 0 Å². The molecule has 0 N–H and O–H groups in total. The summed E-state index contributed by atoms with van der Waals surface area (Å²) >= 11 is 0. The SMILES string of the molecule is C=CC1CCC(c2ccc(COc3ccc(OCC(F)CC4CCC(C)CC4)c(F)c3F)c(F)c2F)CC1. The quantitative estimate of drug-likeness (QED) is 0.223. The minimum absolute atomic E-state index is 0.0648. The van der Waals surface area contributed by atoms with Gasteiger partial charge < -0.3 is 9.47 Å². The van der Waals surface area contributed by atoms with Gasteiger partial charge in [0.15, 0.2) is 23.1 Å². The Morgan fingerprint density at radius 2 is 1.45 bits per heavy atom. The third-order valence-corrected chi connectivity index (χ3v) is 8.28. The summed E-state index contributed by atoms with van der Waals surface area (Å²) in [4.78, 5) is 0. The fourth-order valence-electron chi connectivity index (χ4n) is 5.76. The summed E-state index contributed by atoms with van der Waals surface area (Å²) in [6.45, 7) is 5.15. The summed E-state index contributed by atoms with van der Waals surface area (Å²) < 4.78 is 83.7. The molecule has 2 aliphatic rings. The minimum Gasteiger partial charge on any atom is -0.487 e. The number of hydrogen-bond acceptors (Lipinski definition) is 2. The van der Waals surface area contributed by atoms with Gasteiger partial charge in [-0.25, -0.2) is 13.2 Å². The van der Waals surface area contributed by atoms with Crippen molar-refractivity contribution in [2.45, 2.75) is 83.4 Å². The van der Waals surface area contributed by atoms with E-state index >= 15 is 0 Å². The van der Waals surface area contributed by atoms with Gasteiger partial charge in [0.05, 0.1) is 0 Å². The topological polar surface area (TPSA) is 18.5 Å². The lowest BCUT2D eigenvalue weighted by Gasteiger charge is -2.27. The van der Waals surface area contributed by atoms with Crippen molar-refractivity contribution in [3.05, 3.63) is 71.3 Å². The van der Waals surface area contributed by atoms with E-state index in [9.17, 15) is 22.0 Å². The Balaban J connectivity index is 1.32. The summed E-state index contributed by atoms with van der Waals surface area (Å²) in [7, 11) is 0. The maximum atomic E-state index is 14.8. The largest absolute Gasteiger partial charge is 0.487 e. The number of benzene rings is 2. The number of rotatable bonds is 10. The van der Waals surface area contributed by atoms with E-state index < -0.39 is 47.5 Å². The van der Waals surface area contributed by atoms with Crippen LogP contribution in [0.3, 0.4) is 0 Å². The van der Waals surface area contributed by atoms with Gasteiger partial charge in [-0.2, -0.15) is 8.78 Å². The van der Waals surface area contributed by atoms with Crippen molar-refractivity contribution in [3.8, 4) is 11.5 Å². The lowest BCUT2D eigenvalue weighted by Crippen LogP contribution is -2.21. The van der Waals surface area contributed by atoms with Crippen LogP contribution in [0.2, 0.25) is 0 Å². The Labute approximate surface area is 222 Å². The second-order valence-electron chi connectivity index (χ2n) is 11.0. The molecule has 2 aliphatic carbocycles. The summed E-state index contributed by atoms with van der Waals surface area (Å²) in [5.41, 5.74) is 0.236. The van der Waals surface area contributed by atoms with Crippen molar-refractivity contribution in [2.75, 3.05) is 6.61 Å². The number of hydrogen-bond donors (Lipinski definition) is 0. The van der Waals surface area contributed by atoms with Gasteiger partial charge >= 0.3 is 0 Å². The molecule has 0 amide bonds. The maximum absolute atomic E-state index is 14.8. The summed E-state index contributed by atoms with van der Waals surface area (Å²) in [5.74, 6) is -4.18. The molecule has 0 bridgehead atoms. The van der Waals surface area contributed by atoms with E-state index in [0.29, 0.717) is 23.8 Å². The number of halogens is 5. The number of ether oxygens (including phenoxy) is 2. The molecule has 0 radical (unpaired) electrons. The standard InChI is InChI=1S/C31H37F5O2/c1-3-20-8-10-22(11-9-20)25-13-12-23(28(33)29(25)34)17-37-26-14-15-27(31(36)30(26)35)38-18-24(32)16-21-6-4-19(2)5-7-21/h3,12-15,19-22,24H,1,4-11,16-18H2,2H3. The zero-order valence-electron chi connectivity index (χ0n) is 22.0. The zero-order chi connectivity index (χ0) is 27.2. The van der Waals surface area contributed by atoms with E-state index in [1.54, 1.807) is 6.07 Å². The Bertz CT molecular complexity index is 1090. The van der Waals surface area contributed by atoms with Crippen LogP contribution in [0.5, 0.6) is 11.5 Å². The molecule has 208 valence electrons. The van der Waals surface area contributed by atoms with Crippen LogP contribution in [0.25, 0.3) is 0 Å². The van der Waals surface area contributed by atoms with Crippen LogP contribution in [0.4, 0.5) is 22.0 Å². The predicted molar refractivity (Wildman–Crippen MR) is 138 cm³/mol. The second kappa shape index (κ2) is 13.0. The van der Waals surface area contributed by atoms with E-state index in [0.717, 1.165) is 63.5 Å². The Hall–Kier alpha value is -2.57. The fraction of sp³-hybridized carbons (Fsp3) is 0.548. The molecule has 1 atom stereocenters. The zero-order valence-corrected chi connectivity index (χ0v) is 22.0. The number of alkyl halides is 1. The first-order chi connectivity index (χ1) is 18.3. The highest BCUT2D eigenvalue weighted by atomic mass is 19.2. The molecule has 0 heterocycles. The van der Waals surface area contributed by atoms with Gasteiger partial charge in [-0.15, -0.1) is 6.58 Å². The van der Waals surface area contributed by atoms with Gasteiger partial charge in [0.1, 0.15) is 19.4 Å². The average Bonchev–Trinajstić information content (AvgIpc) is 2.92. The minimum atomic E-state index is -1.32. The molecule has 2 aromatic rings. The predicted octanol–water partition coefficient (Wildman–Crippen LogP) is 9.22. The molecule has 2 fully saturated rings. The van der Waals surface area contributed by atoms with Crippen LogP contribution in [-0.2, 0) is 6.61 Å². The normalized spacial score (nSPS) is 24.6. The molecular weight excluding hydrogens is 499 g/mol. The second-order valence-corrected chi connectivity index (χ2v) is 11.0. The lowest BCUT2D eigenvalue weighted by molar-refractivity contribution is 0.144. The Kier molecular flexibility index (Phi) is 9.72. The first-order valence-electron chi connectivity index (χ1n) is 13.7. The summed E-state index contributed by atoms with van der Waals surface area (Å²) in [6.07, 6.45) is 8.36. The van der Waals surface area contributed by atoms with Gasteiger partial charge in [0.2, 0.25) is 11.6 Å². The Morgan fingerprint density at radius 1 is 0.816 bits per heavy atom. The smallest absolute Gasteiger partial charge is 0.204 e. The lowest BCUT2D eigenvalue weighted by atomic mass is 9.78. The Morgan fingerprint density at radius 3 is 2.08 bits per heavy atom. The maximum Gasteiger partial charge on any atom is 0.204 e. The van der Waals surface area contributed by atoms with Crippen molar-refractivity contribution in [3.63, 3.8) is 0 Å². The van der Waals surface area contributed by atoms with Gasteiger partial charge in [0.25, 0.3) is 0 Å². The number of allylic oxidation sites excluding steroid dienone is 1.